The lowest BCUT2D eigenvalue weighted by molar-refractivity contribution is 0.139. The van der Waals surface area contributed by atoms with Gasteiger partial charge in [-0.25, -0.2) is 12.8 Å². The van der Waals surface area contributed by atoms with Crippen molar-refractivity contribution in [2.75, 3.05) is 26.2 Å². The molecule has 22 heavy (non-hydrogen) atoms. The summed E-state index contributed by atoms with van der Waals surface area (Å²) in [5.74, 6) is -0.671. The van der Waals surface area contributed by atoms with Gasteiger partial charge in [-0.15, -0.1) is 12.4 Å². The fourth-order valence-electron chi connectivity index (χ4n) is 3.37. The first-order chi connectivity index (χ1) is 10.1. The van der Waals surface area contributed by atoms with Gasteiger partial charge in [0.05, 0.1) is 0 Å². The van der Waals surface area contributed by atoms with Crippen LogP contribution in [0.15, 0.2) is 29.2 Å². The molecule has 3 rings (SSSR count). The second-order valence-electron chi connectivity index (χ2n) is 5.81. The average molecular weight is 349 g/mol. The lowest BCUT2D eigenvalue weighted by Gasteiger charge is -2.37. The molecule has 1 heterocycles. The number of hydrogen-bond donors (Lipinski definition) is 0. The molecule has 0 aromatic heterocycles. The van der Waals surface area contributed by atoms with Crippen molar-refractivity contribution in [3.05, 3.63) is 30.1 Å². The Bertz CT molecular complexity index is 597. The minimum atomic E-state index is -3.71. The normalized spacial score (nSPS) is 21.7. The summed E-state index contributed by atoms with van der Waals surface area (Å²) in [6, 6.07) is 6.22. The third-order valence-electron chi connectivity index (χ3n) is 4.57. The van der Waals surface area contributed by atoms with Gasteiger partial charge >= 0.3 is 0 Å². The van der Waals surface area contributed by atoms with Gasteiger partial charge in [-0.3, -0.25) is 4.90 Å². The largest absolute Gasteiger partial charge is 0.298 e. The number of piperazine rings is 1. The molecule has 1 aromatic carbocycles. The van der Waals surface area contributed by atoms with Crippen LogP contribution in [0.2, 0.25) is 0 Å². The first kappa shape index (κ1) is 17.7. The third kappa shape index (κ3) is 3.45. The predicted molar refractivity (Wildman–Crippen MR) is 86.2 cm³/mol. The van der Waals surface area contributed by atoms with E-state index >= 15 is 0 Å². The molecule has 1 saturated heterocycles. The van der Waals surface area contributed by atoms with E-state index in [1.54, 1.807) is 6.07 Å². The number of sulfonamides is 1. The number of benzene rings is 1. The van der Waals surface area contributed by atoms with E-state index in [0.29, 0.717) is 19.1 Å². The van der Waals surface area contributed by atoms with Crippen LogP contribution in [-0.2, 0) is 10.0 Å². The summed E-state index contributed by atoms with van der Waals surface area (Å²) >= 11 is 0. The Balaban J connectivity index is 0.00000176. The third-order valence-corrected chi connectivity index (χ3v) is 6.50. The summed E-state index contributed by atoms with van der Waals surface area (Å²) in [4.78, 5) is 2.18. The van der Waals surface area contributed by atoms with Crippen molar-refractivity contribution in [3.8, 4) is 0 Å². The van der Waals surface area contributed by atoms with Crippen LogP contribution in [0, 0.1) is 5.82 Å². The van der Waals surface area contributed by atoms with E-state index in [-0.39, 0.29) is 17.3 Å². The smallest absolute Gasteiger partial charge is 0.246 e. The highest BCUT2D eigenvalue weighted by atomic mass is 35.5. The molecule has 4 nitrogen and oxygen atoms in total. The Morgan fingerprint density at radius 2 is 1.59 bits per heavy atom. The first-order valence-corrected chi connectivity index (χ1v) is 9.02. The van der Waals surface area contributed by atoms with Crippen molar-refractivity contribution < 1.29 is 12.8 Å². The summed E-state index contributed by atoms with van der Waals surface area (Å²) < 4.78 is 40.2. The molecule has 1 aliphatic carbocycles. The van der Waals surface area contributed by atoms with E-state index in [1.807, 2.05) is 0 Å². The fraction of sp³-hybridized carbons (Fsp3) is 0.600. The average Bonchev–Trinajstić information content (AvgIpc) is 3.02. The van der Waals surface area contributed by atoms with Crippen LogP contribution >= 0.6 is 12.4 Å². The maximum absolute atomic E-state index is 13.7. The molecule has 0 radical (unpaired) electrons. The van der Waals surface area contributed by atoms with E-state index in [2.05, 4.69) is 4.90 Å². The van der Waals surface area contributed by atoms with Gasteiger partial charge in [0.25, 0.3) is 0 Å². The van der Waals surface area contributed by atoms with Crippen molar-refractivity contribution in [2.45, 2.75) is 36.6 Å². The lowest BCUT2D eigenvalue weighted by atomic mass is 10.2. The van der Waals surface area contributed by atoms with Gasteiger partial charge in [-0.2, -0.15) is 4.31 Å². The monoisotopic (exact) mass is 348 g/mol. The highest BCUT2D eigenvalue weighted by Crippen LogP contribution is 2.26. The highest BCUT2D eigenvalue weighted by molar-refractivity contribution is 7.89. The second kappa shape index (κ2) is 7.25. The van der Waals surface area contributed by atoms with E-state index in [9.17, 15) is 12.8 Å². The Labute approximate surface area is 137 Å². The molecule has 0 N–H and O–H groups in total. The van der Waals surface area contributed by atoms with E-state index in [1.165, 1.54) is 48.2 Å². The quantitative estimate of drug-likeness (QED) is 0.842. The summed E-state index contributed by atoms with van der Waals surface area (Å²) in [5, 5.41) is 0. The van der Waals surface area contributed by atoms with E-state index < -0.39 is 15.8 Å². The zero-order chi connectivity index (χ0) is 14.9. The molecule has 0 atom stereocenters. The summed E-state index contributed by atoms with van der Waals surface area (Å²) in [6.45, 7) is 2.40. The van der Waals surface area contributed by atoms with Crippen molar-refractivity contribution >= 4 is 22.4 Å². The van der Waals surface area contributed by atoms with E-state index in [0.717, 1.165) is 13.1 Å². The first-order valence-electron chi connectivity index (χ1n) is 7.58. The van der Waals surface area contributed by atoms with Gasteiger partial charge in [-0.1, -0.05) is 25.0 Å². The molecular weight excluding hydrogens is 327 g/mol. The Hall–Kier alpha value is -0.690. The summed E-state index contributed by atoms with van der Waals surface area (Å²) in [7, 11) is -3.71. The lowest BCUT2D eigenvalue weighted by Crippen LogP contribution is -2.51. The van der Waals surface area contributed by atoms with Crippen LogP contribution < -0.4 is 0 Å². The van der Waals surface area contributed by atoms with Crippen molar-refractivity contribution in [1.82, 2.24) is 9.21 Å². The second-order valence-corrected chi connectivity index (χ2v) is 7.72. The summed E-state index contributed by atoms with van der Waals surface area (Å²) in [5.41, 5.74) is 0. The molecule has 0 bridgehead atoms. The van der Waals surface area contributed by atoms with Gasteiger partial charge in [0.15, 0.2) is 0 Å². The van der Waals surface area contributed by atoms with Gasteiger partial charge in [0.1, 0.15) is 10.7 Å². The molecule has 124 valence electrons. The molecule has 0 spiro atoms. The van der Waals surface area contributed by atoms with Crippen LogP contribution in [-0.4, -0.2) is 49.8 Å². The van der Waals surface area contributed by atoms with Crippen LogP contribution in [0.5, 0.6) is 0 Å². The molecule has 1 aromatic rings. The van der Waals surface area contributed by atoms with Crippen LogP contribution in [0.4, 0.5) is 4.39 Å². The zero-order valence-corrected chi connectivity index (χ0v) is 14.1. The molecule has 2 aliphatic rings. The minimum absolute atomic E-state index is 0. The molecule has 0 amide bonds. The number of hydrogen-bond acceptors (Lipinski definition) is 3. The number of rotatable bonds is 3. The molecule has 1 aliphatic heterocycles. The number of nitrogens with zero attached hydrogens (tertiary/aromatic N) is 2. The molecule has 1 saturated carbocycles. The summed E-state index contributed by atoms with van der Waals surface area (Å²) in [6.07, 6.45) is 5.00. The standard InChI is InChI=1S/C15H21FN2O2S.ClH/c16-14-7-3-4-8-15(14)21(19,20)18-11-9-17(10-12-18)13-5-1-2-6-13;/h3-4,7-8,13H,1-2,5-6,9-12H2;1H. The van der Waals surface area contributed by atoms with Crippen LogP contribution in [0.25, 0.3) is 0 Å². The van der Waals surface area contributed by atoms with Gasteiger partial charge in [0, 0.05) is 32.2 Å². The van der Waals surface area contributed by atoms with Crippen LogP contribution in [0.1, 0.15) is 25.7 Å². The Morgan fingerprint density at radius 3 is 2.18 bits per heavy atom. The molecular formula is C15H22ClFN2O2S. The SMILES string of the molecule is Cl.O=S(=O)(c1ccccc1F)N1CCN(C2CCCC2)CC1. The molecule has 2 fully saturated rings. The Kier molecular flexibility index (Phi) is 5.82. The molecule has 7 heteroatoms. The van der Waals surface area contributed by atoms with Gasteiger partial charge in [0.2, 0.25) is 10.0 Å². The maximum atomic E-state index is 13.7. The van der Waals surface area contributed by atoms with Crippen molar-refractivity contribution in [1.29, 1.82) is 0 Å². The highest BCUT2D eigenvalue weighted by Gasteiger charge is 2.33. The predicted octanol–water partition coefficient (Wildman–Crippen LogP) is 2.50. The minimum Gasteiger partial charge on any atom is -0.298 e. The van der Waals surface area contributed by atoms with E-state index in [4.69, 9.17) is 0 Å². The number of halogens is 2. The molecule has 0 unspecified atom stereocenters. The van der Waals surface area contributed by atoms with Gasteiger partial charge < -0.3 is 0 Å². The fourth-order valence-corrected chi connectivity index (χ4v) is 4.86. The topological polar surface area (TPSA) is 40.6 Å². The maximum Gasteiger partial charge on any atom is 0.246 e. The Morgan fingerprint density at radius 1 is 1.00 bits per heavy atom. The van der Waals surface area contributed by atoms with Crippen LogP contribution in [0.3, 0.4) is 0 Å². The van der Waals surface area contributed by atoms with Gasteiger partial charge in [-0.05, 0) is 25.0 Å². The van der Waals surface area contributed by atoms with Crippen molar-refractivity contribution in [2.24, 2.45) is 0 Å². The zero-order valence-electron chi connectivity index (χ0n) is 12.4. The van der Waals surface area contributed by atoms with Crippen molar-refractivity contribution in [3.63, 3.8) is 0 Å².